The molecule has 1 saturated carbocycles. The minimum Gasteiger partial charge on any atom is -0.459 e. The molecular weight excluding hydrogens is 372 g/mol. The van der Waals surface area contributed by atoms with Gasteiger partial charge in [0.25, 0.3) is 0 Å². The Kier molecular flexibility index (Phi) is 8.85. The van der Waals surface area contributed by atoms with Crippen molar-refractivity contribution in [3.63, 3.8) is 0 Å². The summed E-state index contributed by atoms with van der Waals surface area (Å²) in [6.07, 6.45) is 16.8. The molecule has 0 saturated heterocycles. The summed E-state index contributed by atoms with van der Waals surface area (Å²) in [6, 6.07) is 7.46. The molecule has 2 aromatic rings. The van der Waals surface area contributed by atoms with Crippen LogP contribution in [0.15, 0.2) is 36.7 Å². The minimum absolute atomic E-state index is 0.0682. The monoisotopic (exact) mass is 408 g/mol. The summed E-state index contributed by atoms with van der Waals surface area (Å²) in [5.41, 5.74) is 2.70. The molecular formula is C26H36N2O2. The summed E-state index contributed by atoms with van der Waals surface area (Å²) in [5, 5.41) is 0. The van der Waals surface area contributed by atoms with Gasteiger partial charge in [-0.1, -0.05) is 58.1 Å². The second-order valence-electron chi connectivity index (χ2n) is 8.64. The number of hydrogen-bond acceptors (Lipinski definition) is 4. The van der Waals surface area contributed by atoms with Crippen LogP contribution in [0.3, 0.4) is 0 Å². The molecule has 162 valence electrons. The van der Waals surface area contributed by atoms with Crippen molar-refractivity contribution in [3.05, 3.63) is 47.8 Å². The molecule has 30 heavy (non-hydrogen) atoms. The predicted molar refractivity (Wildman–Crippen MR) is 121 cm³/mol. The summed E-state index contributed by atoms with van der Waals surface area (Å²) >= 11 is 0. The molecule has 0 N–H and O–H groups in total. The highest BCUT2D eigenvalue weighted by Gasteiger charge is 2.24. The molecule has 0 amide bonds. The van der Waals surface area contributed by atoms with Gasteiger partial charge in [0.05, 0.1) is 5.56 Å². The van der Waals surface area contributed by atoms with Gasteiger partial charge in [0.2, 0.25) is 0 Å². The molecule has 1 aliphatic carbocycles. The van der Waals surface area contributed by atoms with Crippen LogP contribution in [0.25, 0.3) is 11.4 Å². The number of aryl methyl sites for hydroxylation is 1. The molecule has 0 radical (unpaired) electrons. The Morgan fingerprint density at radius 2 is 1.60 bits per heavy atom. The highest BCUT2D eigenvalue weighted by atomic mass is 16.5. The topological polar surface area (TPSA) is 52.1 Å². The molecule has 0 spiro atoms. The van der Waals surface area contributed by atoms with Crippen molar-refractivity contribution in [2.45, 2.75) is 90.6 Å². The lowest BCUT2D eigenvalue weighted by Gasteiger charge is -2.28. The van der Waals surface area contributed by atoms with Crippen molar-refractivity contribution < 1.29 is 9.53 Å². The van der Waals surface area contributed by atoms with Crippen molar-refractivity contribution in [2.75, 3.05) is 0 Å². The molecule has 1 fully saturated rings. The van der Waals surface area contributed by atoms with Crippen molar-refractivity contribution >= 4 is 5.97 Å². The minimum atomic E-state index is -0.217. The molecule has 1 aromatic carbocycles. The van der Waals surface area contributed by atoms with E-state index in [-0.39, 0.29) is 12.1 Å². The van der Waals surface area contributed by atoms with Gasteiger partial charge in [0.15, 0.2) is 5.82 Å². The number of aromatic nitrogens is 2. The SMILES string of the molecule is CCCCCc1cnc(-c2ccc(C(=O)OC3CCC(CCCC)CC3)cc2)nc1. The van der Waals surface area contributed by atoms with Crippen molar-refractivity contribution in [2.24, 2.45) is 5.92 Å². The van der Waals surface area contributed by atoms with E-state index in [9.17, 15) is 4.79 Å². The van der Waals surface area contributed by atoms with E-state index in [1.807, 2.05) is 36.7 Å². The molecule has 1 aliphatic rings. The van der Waals surface area contributed by atoms with Crippen LogP contribution in [-0.2, 0) is 11.2 Å². The van der Waals surface area contributed by atoms with E-state index in [0.29, 0.717) is 11.4 Å². The first-order valence-electron chi connectivity index (χ1n) is 11.8. The number of esters is 1. The maximum atomic E-state index is 12.5. The van der Waals surface area contributed by atoms with Crippen molar-refractivity contribution in [1.82, 2.24) is 9.97 Å². The average Bonchev–Trinajstić information content (AvgIpc) is 2.79. The maximum Gasteiger partial charge on any atom is 0.338 e. The summed E-state index contributed by atoms with van der Waals surface area (Å²) < 4.78 is 5.77. The highest BCUT2D eigenvalue weighted by molar-refractivity contribution is 5.90. The molecule has 1 aromatic heterocycles. The summed E-state index contributed by atoms with van der Waals surface area (Å²) in [5.74, 6) is 1.29. The lowest BCUT2D eigenvalue weighted by Crippen LogP contribution is -2.24. The first-order chi connectivity index (χ1) is 14.7. The second kappa shape index (κ2) is 11.8. The Morgan fingerprint density at radius 1 is 0.933 bits per heavy atom. The zero-order valence-corrected chi connectivity index (χ0v) is 18.6. The Hall–Kier alpha value is -2.23. The van der Waals surface area contributed by atoms with Crippen LogP contribution >= 0.6 is 0 Å². The van der Waals surface area contributed by atoms with Gasteiger partial charge in [-0.2, -0.15) is 0 Å². The number of benzene rings is 1. The van der Waals surface area contributed by atoms with Crippen LogP contribution in [0.5, 0.6) is 0 Å². The molecule has 0 bridgehead atoms. The fourth-order valence-corrected chi connectivity index (χ4v) is 4.22. The van der Waals surface area contributed by atoms with E-state index in [1.165, 1.54) is 56.9 Å². The average molecular weight is 409 g/mol. The lowest BCUT2D eigenvalue weighted by molar-refractivity contribution is 0.0161. The van der Waals surface area contributed by atoms with Gasteiger partial charge >= 0.3 is 5.97 Å². The largest absolute Gasteiger partial charge is 0.459 e. The molecule has 0 unspecified atom stereocenters. The van der Waals surface area contributed by atoms with Gasteiger partial charge in [-0.3, -0.25) is 0 Å². The predicted octanol–water partition coefficient (Wildman–Crippen LogP) is 6.78. The molecule has 0 atom stereocenters. The van der Waals surface area contributed by atoms with Crippen LogP contribution < -0.4 is 0 Å². The van der Waals surface area contributed by atoms with Crippen LogP contribution in [0, 0.1) is 5.92 Å². The van der Waals surface area contributed by atoms with Gasteiger partial charge in [0.1, 0.15) is 6.10 Å². The zero-order chi connectivity index (χ0) is 21.2. The first-order valence-corrected chi connectivity index (χ1v) is 11.8. The highest BCUT2D eigenvalue weighted by Crippen LogP contribution is 2.30. The normalized spacial score (nSPS) is 18.9. The number of hydrogen-bond donors (Lipinski definition) is 0. The van der Waals surface area contributed by atoms with Gasteiger partial charge in [-0.05, 0) is 62.1 Å². The van der Waals surface area contributed by atoms with E-state index in [2.05, 4.69) is 23.8 Å². The van der Waals surface area contributed by atoms with E-state index >= 15 is 0 Å². The third-order valence-corrected chi connectivity index (χ3v) is 6.19. The zero-order valence-electron chi connectivity index (χ0n) is 18.6. The van der Waals surface area contributed by atoms with E-state index < -0.39 is 0 Å². The quantitative estimate of drug-likeness (QED) is 0.321. The molecule has 1 heterocycles. The summed E-state index contributed by atoms with van der Waals surface area (Å²) in [7, 11) is 0. The number of unbranched alkanes of at least 4 members (excludes halogenated alkanes) is 3. The molecule has 3 rings (SSSR count). The number of ether oxygens (including phenoxy) is 1. The standard InChI is InChI=1S/C26H36N2O2/c1-3-5-7-9-21-18-27-25(28-19-21)22-12-14-23(15-13-22)26(29)30-24-16-10-20(11-17-24)8-6-4-2/h12-15,18-20,24H,3-11,16-17H2,1-2H3. The van der Waals surface area contributed by atoms with Crippen LogP contribution in [0.2, 0.25) is 0 Å². The van der Waals surface area contributed by atoms with Gasteiger partial charge in [0, 0.05) is 18.0 Å². The Balaban J connectivity index is 1.50. The smallest absolute Gasteiger partial charge is 0.338 e. The lowest BCUT2D eigenvalue weighted by atomic mass is 9.84. The Labute approximate surface area is 181 Å². The summed E-state index contributed by atoms with van der Waals surface area (Å²) in [4.78, 5) is 21.5. The number of carbonyl (C=O) groups excluding carboxylic acids is 1. The third-order valence-electron chi connectivity index (χ3n) is 6.19. The van der Waals surface area contributed by atoms with E-state index in [0.717, 1.165) is 30.7 Å². The number of carbonyl (C=O) groups is 1. The van der Waals surface area contributed by atoms with Crippen LogP contribution in [0.1, 0.15) is 94.0 Å². The molecule has 4 nitrogen and oxygen atoms in total. The van der Waals surface area contributed by atoms with Crippen molar-refractivity contribution in [3.8, 4) is 11.4 Å². The van der Waals surface area contributed by atoms with Crippen LogP contribution in [-0.4, -0.2) is 22.0 Å². The second-order valence-corrected chi connectivity index (χ2v) is 8.64. The fraction of sp³-hybridized carbons (Fsp3) is 0.577. The van der Waals surface area contributed by atoms with Crippen molar-refractivity contribution in [1.29, 1.82) is 0 Å². The maximum absolute atomic E-state index is 12.5. The number of nitrogens with zero attached hydrogens (tertiary/aromatic N) is 2. The Morgan fingerprint density at radius 3 is 2.23 bits per heavy atom. The fourth-order valence-electron chi connectivity index (χ4n) is 4.22. The van der Waals surface area contributed by atoms with Gasteiger partial charge in [-0.25, -0.2) is 14.8 Å². The number of rotatable bonds is 10. The molecule has 4 heteroatoms. The summed E-state index contributed by atoms with van der Waals surface area (Å²) in [6.45, 7) is 4.45. The Bertz CT molecular complexity index is 763. The van der Waals surface area contributed by atoms with Gasteiger partial charge in [-0.15, -0.1) is 0 Å². The van der Waals surface area contributed by atoms with Gasteiger partial charge < -0.3 is 4.74 Å². The molecule has 0 aliphatic heterocycles. The van der Waals surface area contributed by atoms with E-state index in [1.54, 1.807) is 0 Å². The van der Waals surface area contributed by atoms with Crippen LogP contribution in [0.4, 0.5) is 0 Å². The van der Waals surface area contributed by atoms with E-state index in [4.69, 9.17) is 4.74 Å². The third kappa shape index (κ3) is 6.65. The first kappa shape index (κ1) is 22.5.